The molecule has 0 aromatic heterocycles. The summed E-state index contributed by atoms with van der Waals surface area (Å²) in [7, 11) is 0. The predicted octanol–water partition coefficient (Wildman–Crippen LogP) is 3.60. The monoisotopic (exact) mass is 209 g/mol. The highest BCUT2D eigenvalue weighted by atomic mass is 35.5. The number of hydrogen-bond acceptors (Lipinski definition) is 1. The Kier molecular flexibility index (Phi) is 3.31. The molecule has 1 aromatic carbocycles. The molecular formula is C7H6Cl3N. The van der Waals surface area contributed by atoms with Crippen molar-refractivity contribution < 1.29 is 0 Å². The van der Waals surface area contributed by atoms with E-state index in [0.717, 1.165) is 5.69 Å². The Morgan fingerprint density at radius 3 is 2.55 bits per heavy atom. The van der Waals surface area contributed by atoms with Gasteiger partial charge in [-0.3, -0.25) is 0 Å². The van der Waals surface area contributed by atoms with Crippen molar-refractivity contribution in [1.29, 1.82) is 0 Å². The number of hydrogen-bond donors (Lipinski definition) is 1. The Morgan fingerprint density at radius 1 is 1.27 bits per heavy atom. The van der Waals surface area contributed by atoms with Gasteiger partial charge >= 0.3 is 0 Å². The Morgan fingerprint density at radius 2 is 2.00 bits per heavy atom. The summed E-state index contributed by atoms with van der Waals surface area (Å²) in [5, 5.41) is 4.08. The van der Waals surface area contributed by atoms with Gasteiger partial charge in [0.1, 0.15) is 0 Å². The van der Waals surface area contributed by atoms with E-state index in [2.05, 4.69) is 5.32 Å². The van der Waals surface area contributed by atoms with Crippen LogP contribution in [0.25, 0.3) is 0 Å². The van der Waals surface area contributed by atoms with Crippen LogP contribution in [0.2, 0.25) is 10.0 Å². The Balaban J connectivity index is 2.90. The molecule has 1 N–H and O–H groups in total. The molecule has 0 heterocycles. The first kappa shape index (κ1) is 8.98. The second-order valence-electron chi connectivity index (χ2n) is 1.93. The smallest absolute Gasteiger partial charge is 0.0902 e. The van der Waals surface area contributed by atoms with Crippen LogP contribution in [-0.2, 0) is 0 Å². The van der Waals surface area contributed by atoms with Gasteiger partial charge in [0.25, 0.3) is 0 Å². The standard InChI is InChI=1S/C7H6Cl3N/c8-4-11-7-2-1-5(9)3-6(7)10/h1-3,11H,4H2. The van der Waals surface area contributed by atoms with E-state index in [4.69, 9.17) is 34.8 Å². The Hall–Kier alpha value is -0.110. The Labute approximate surface area is 80.3 Å². The average molecular weight is 210 g/mol. The van der Waals surface area contributed by atoms with Crippen LogP contribution in [0.15, 0.2) is 18.2 Å². The van der Waals surface area contributed by atoms with Crippen LogP contribution in [0.4, 0.5) is 5.69 Å². The van der Waals surface area contributed by atoms with Gasteiger partial charge in [-0.15, -0.1) is 11.6 Å². The minimum atomic E-state index is 0.335. The van der Waals surface area contributed by atoms with Gasteiger partial charge in [-0.1, -0.05) is 23.2 Å². The molecule has 60 valence electrons. The quantitative estimate of drug-likeness (QED) is 0.581. The fourth-order valence-electron chi connectivity index (χ4n) is 0.705. The lowest BCUT2D eigenvalue weighted by molar-refractivity contribution is 1.45. The molecule has 0 aliphatic rings. The molecule has 1 rings (SSSR count). The largest absolute Gasteiger partial charge is 0.370 e. The minimum absolute atomic E-state index is 0.335. The summed E-state index contributed by atoms with van der Waals surface area (Å²) in [6, 6.07) is 5.54. The van der Waals surface area contributed by atoms with E-state index < -0.39 is 0 Å². The molecule has 0 fully saturated rings. The van der Waals surface area contributed by atoms with E-state index in [9.17, 15) is 0 Å². The van der Waals surface area contributed by atoms with Crippen LogP contribution in [-0.4, -0.2) is 6.00 Å². The van der Waals surface area contributed by atoms with E-state index in [1.807, 2.05) is 0 Å². The van der Waals surface area contributed by atoms with Gasteiger partial charge in [-0.05, 0) is 18.2 Å². The lowest BCUT2D eigenvalue weighted by atomic mass is 10.3. The van der Waals surface area contributed by atoms with Gasteiger partial charge in [-0.25, -0.2) is 0 Å². The van der Waals surface area contributed by atoms with Gasteiger partial charge in [0, 0.05) is 5.02 Å². The lowest BCUT2D eigenvalue weighted by Crippen LogP contribution is -1.94. The first-order valence-corrected chi connectivity index (χ1v) is 4.28. The molecule has 0 radical (unpaired) electrons. The number of rotatable bonds is 2. The van der Waals surface area contributed by atoms with Crippen molar-refractivity contribution in [3.05, 3.63) is 28.2 Å². The summed E-state index contributed by atoms with van der Waals surface area (Å²) in [6.45, 7) is 0. The molecule has 11 heavy (non-hydrogen) atoms. The van der Waals surface area contributed by atoms with Gasteiger partial charge in [0.2, 0.25) is 0 Å². The van der Waals surface area contributed by atoms with Crippen molar-refractivity contribution in [2.45, 2.75) is 0 Å². The van der Waals surface area contributed by atoms with E-state index in [-0.39, 0.29) is 0 Å². The van der Waals surface area contributed by atoms with E-state index in [0.29, 0.717) is 16.0 Å². The molecule has 0 aliphatic carbocycles. The van der Waals surface area contributed by atoms with E-state index >= 15 is 0 Å². The number of alkyl halides is 1. The Bertz CT molecular complexity index is 249. The highest BCUT2D eigenvalue weighted by molar-refractivity contribution is 6.36. The molecule has 0 saturated carbocycles. The molecule has 1 nitrogen and oxygen atoms in total. The van der Waals surface area contributed by atoms with Crippen LogP contribution in [0.3, 0.4) is 0 Å². The molecule has 0 bridgehead atoms. The molecule has 0 aliphatic heterocycles. The van der Waals surface area contributed by atoms with Crippen molar-refractivity contribution in [1.82, 2.24) is 0 Å². The van der Waals surface area contributed by atoms with Gasteiger partial charge in [-0.2, -0.15) is 0 Å². The number of benzene rings is 1. The zero-order valence-corrected chi connectivity index (χ0v) is 7.84. The lowest BCUT2D eigenvalue weighted by Gasteiger charge is -2.03. The summed E-state index contributed by atoms with van der Waals surface area (Å²) in [6.07, 6.45) is 0. The van der Waals surface area contributed by atoms with Crippen molar-refractivity contribution >= 4 is 40.5 Å². The highest BCUT2D eigenvalue weighted by Gasteiger charge is 1.98. The summed E-state index contributed by atoms with van der Waals surface area (Å²) in [5.74, 6) is 0. The maximum Gasteiger partial charge on any atom is 0.0902 e. The molecule has 0 amide bonds. The molecule has 0 saturated heterocycles. The minimum Gasteiger partial charge on any atom is -0.370 e. The van der Waals surface area contributed by atoms with Crippen LogP contribution >= 0.6 is 34.8 Å². The molecule has 0 unspecified atom stereocenters. The summed E-state index contributed by atoms with van der Waals surface area (Å²) in [4.78, 5) is 0. The van der Waals surface area contributed by atoms with Crippen LogP contribution < -0.4 is 5.32 Å². The maximum absolute atomic E-state index is 5.80. The van der Waals surface area contributed by atoms with Crippen LogP contribution in [0.1, 0.15) is 0 Å². The second-order valence-corrected chi connectivity index (χ2v) is 3.05. The number of anilines is 1. The SMILES string of the molecule is ClCNc1ccc(Cl)cc1Cl. The van der Waals surface area contributed by atoms with E-state index in [1.165, 1.54) is 0 Å². The first-order chi connectivity index (χ1) is 5.24. The third kappa shape index (κ3) is 2.44. The van der Waals surface area contributed by atoms with Crippen LogP contribution in [0.5, 0.6) is 0 Å². The summed E-state index contributed by atoms with van der Waals surface area (Å²) in [5.41, 5.74) is 0.797. The average Bonchev–Trinajstić information content (AvgIpc) is 1.95. The molecule has 1 aromatic rings. The summed E-state index contributed by atoms with van der Waals surface area (Å²) >= 11 is 16.9. The fourth-order valence-corrected chi connectivity index (χ4v) is 1.32. The van der Waals surface area contributed by atoms with Crippen molar-refractivity contribution in [3.63, 3.8) is 0 Å². The molecule has 4 heteroatoms. The van der Waals surface area contributed by atoms with E-state index in [1.54, 1.807) is 18.2 Å². The normalized spacial score (nSPS) is 9.73. The fraction of sp³-hybridized carbons (Fsp3) is 0.143. The van der Waals surface area contributed by atoms with Crippen molar-refractivity contribution in [3.8, 4) is 0 Å². The third-order valence-corrected chi connectivity index (χ3v) is 1.87. The van der Waals surface area contributed by atoms with Crippen molar-refractivity contribution in [2.24, 2.45) is 0 Å². The van der Waals surface area contributed by atoms with Crippen molar-refractivity contribution in [2.75, 3.05) is 11.3 Å². The number of halogens is 3. The zero-order chi connectivity index (χ0) is 8.27. The first-order valence-electron chi connectivity index (χ1n) is 2.99. The van der Waals surface area contributed by atoms with Gasteiger partial charge in [0.15, 0.2) is 0 Å². The highest BCUT2D eigenvalue weighted by Crippen LogP contribution is 2.24. The maximum atomic E-state index is 5.80. The zero-order valence-electron chi connectivity index (χ0n) is 5.57. The number of nitrogens with one attached hydrogen (secondary N) is 1. The molecule has 0 spiro atoms. The third-order valence-electron chi connectivity index (χ3n) is 1.19. The molecule has 0 atom stereocenters. The predicted molar refractivity (Wildman–Crippen MR) is 50.8 cm³/mol. The van der Waals surface area contributed by atoms with Gasteiger partial charge in [0.05, 0.1) is 16.7 Å². The second kappa shape index (κ2) is 4.05. The topological polar surface area (TPSA) is 12.0 Å². The van der Waals surface area contributed by atoms with Crippen LogP contribution in [0, 0.1) is 0 Å². The van der Waals surface area contributed by atoms with Gasteiger partial charge < -0.3 is 5.32 Å². The molecular weight excluding hydrogens is 204 g/mol. The summed E-state index contributed by atoms with van der Waals surface area (Å²) < 4.78 is 0.